The van der Waals surface area contributed by atoms with E-state index >= 15 is 0 Å². The Morgan fingerprint density at radius 1 is 1.25 bits per heavy atom. The van der Waals surface area contributed by atoms with Gasteiger partial charge < -0.3 is 10.1 Å². The molecule has 1 aromatic rings. The minimum absolute atomic E-state index is 0.155. The molecule has 0 radical (unpaired) electrons. The average molecular weight is 281 g/mol. The van der Waals surface area contributed by atoms with Crippen LogP contribution in [0.5, 0.6) is 5.75 Å². The lowest BCUT2D eigenvalue weighted by Gasteiger charge is -2.29. The average Bonchev–Trinajstić information content (AvgIpc) is 2.46. The fraction of sp³-hybridized carbons (Fsp3) is 0.647. The van der Waals surface area contributed by atoms with E-state index in [0.717, 1.165) is 30.7 Å². The van der Waals surface area contributed by atoms with Gasteiger partial charge in [0.05, 0.1) is 7.11 Å². The summed E-state index contributed by atoms with van der Waals surface area (Å²) in [6, 6.07) is 4.95. The van der Waals surface area contributed by atoms with Gasteiger partial charge in [-0.1, -0.05) is 40.0 Å². The van der Waals surface area contributed by atoms with Crippen LogP contribution < -0.4 is 10.1 Å². The number of hydrogen-bond donors (Lipinski definition) is 1. The number of ether oxygens (including phenoxy) is 1. The smallest absolute Gasteiger partial charge is 0.123 e. The van der Waals surface area contributed by atoms with E-state index in [1.807, 2.05) is 0 Å². The Labute approximate surface area is 122 Å². The van der Waals surface area contributed by atoms with E-state index in [0.29, 0.717) is 5.92 Å². The van der Waals surface area contributed by atoms with Crippen LogP contribution in [0, 0.1) is 11.7 Å². The van der Waals surface area contributed by atoms with Gasteiger partial charge in [0.2, 0.25) is 0 Å². The van der Waals surface area contributed by atoms with Gasteiger partial charge in [-0.15, -0.1) is 0 Å². The summed E-state index contributed by atoms with van der Waals surface area (Å²) in [7, 11) is 1.65. The molecule has 0 aliphatic heterocycles. The maximum Gasteiger partial charge on any atom is 0.123 e. The zero-order valence-electron chi connectivity index (χ0n) is 13.2. The maximum atomic E-state index is 13.6. The molecule has 0 bridgehead atoms. The van der Waals surface area contributed by atoms with E-state index in [4.69, 9.17) is 4.74 Å². The van der Waals surface area contributed by atoms with Gasteiger partial charge in [-0.2, -0.15) is 0 Å². The van der Waals surface area contributed by atoms with E-state index in [9.17, 15) is 4.39 Å². The van der Waals surface area contributed by atoms with Gasteiger partial charge in [0, 0.05) is 11.6 Å². The van der Waals surface area contributed by atoms with Gasteiger partial charge in [0.1, 0.15) is 11.6 Å². The van der Waals surface area contributed by atoms with Crippen LogP contribution >= 0.6 is 0 Å². The van der Waals surface area contributed by atoms with Crippen molar-refractivity contribution in [1.29, 1.82) is 0 Å². The molecule has 0 fully saturated rings. The van der Waals surface area contributed by atoms with Crippen molar-refractivity contribution in [3.05, 3.63) is 29.6 Å². The standard InChI is InChI=1S/C17H28FNO/c1-5-8-9-13(6-2)17(19-7-3)15-12-14(18)10-11-16(15)20-4/h10-13,17,19H,5-9H2,1-4H3. The molecule has 1 rings (SSSR count). The molecule has 0 aliphatic carbocycles. The Morgan fingerprint density at radius 3 is 2.55 bits per heavy atom. The summed E-state index contributed by atoms with van der Waals surface area (Å²) in [4.78, 5) is 0. The molecule has 0 amide bonds. The molecule has 2 unspecified atom stereocenters. The van der Waals surface area contributed by atoms with Crippen LogP contribution in [0.3, 0.4) is 0 Å². The number of halogens is 1. The highest BCUT2D eigenvalue weighted by Gasteiger charge is 2.24. The Morgan fingerprint density at radius 2 is 2.00 bits per heavy atom. The Kier molecular flexibility index (Phi) is 7.60. The summed E-state index contributed by atoms with van der Waals surface area (Å²) in [5, 5.41) is 3.51. The third kappa shape index (κ3) is 4.48. The molecule has 1 aromatic carbocycles. The fourth-order valence-electron chi connectivity index (χ4n) is 2.77. The Balaban J connectivity index is 3.07. The fourth-order valence-corrected chi connectivity index (χ4v) is 2.77. The lowest BCUT2D eigenvalue weighted by atomic mass is 9.86. The number of hydrogen-bond acceptors (Lipinski definition) is 2. The summed E-state index contributed by atoms with van der Waals surface area (Å²) in [6.45, 7) is 7.37. The minimum Gasteiger partial charge on any atom is -0.496 e. The number of methoxy groups -OCH3 is 1. The second kappa shape index (κ2) is 8.96. The molecule has 2 atom stereocenters. The SMILES string of the molecule is CCCCC(CC)C(NCC)c1cc(F)ccc1OC. The van der Waals surface area contributed by atoms with Crippen LogP contribution in [0.1, 0.15) is 58.1 Å². The zero-order chi connectivity index (χ0) is 15.0. The third-order valence-corrected chi connectivity index (χ3v) is 3.88. The highest BCUT2D eigenvalue weighted by molar-refractivity contribution is 5.37. The molecule has 0 heterocycles. The number of rotatable bonds is 9. The Bertz CT molecular complexity index is 395. The van der Waals surface area contributed by atoms with Crippen molar-refractivity contribution in [2.75, 3.05) is 13.7 Å². The molecule has 0 saturated carbocycles. The first kappa shape index (κ1) is 17.0. The van der Waals surface area contributed by atoms with Crippen molar-refractivity contribution >= 4 is 0 Å². The van der Waals surface area contributed by atoms with Crippen LogP contribution in [0.4, 0.5) is 4.39 Å². The molecule has 2 nitrogen and oxygen atoms in total. The number of unbranched alkanes of at least 4 members (excludes halogenated alkanes) is 1. The van der Waals surface area contributed by atoms with Gasteiger partial charge in [-0.3, -0.25) is 0 Å². The molecular weight excluding hydrogens is 253 g/mol. The summed E-state index contributed by atoms with van der Waals surface area (Å²) in [5.74, 6) is 1.08. The van der Waals surface area contributed by atoms with Crippen molar-refractivity contribution in [2.24, 2.45) is 5.92 Å². The van der Waals surface area contributed by atoms with E-state index in [1.54, 1.807) is 19.2 Å². The van der Waals surface area contributed by atoms with Crippen molar-refractivity contribution in [3.8, 4) is 5.75 Å². The monoisotopic (exact) mass is 281 g/mol. The van der Waals surface area contributed by atoms with Crippen molar-refractivity contribution in [2.45, 2.75) is 52.5 Å². The highest BCUT2D eigenvalue weighted by Crippen LogP contribution is 2.34. The van der Waals surface area contributed by atoms with E-state index in [1.165, 1.54) is 18.9 Å². The summed E-state index contributed by atoms with van der Waals surface area (Å²) in [5.41, 5.74) is 0.942. The minimum atomic E-state index is -0.200. The first-order valence-corrected chi connectivity index (χ1v) is 7.74. The van der Waals surface area contributed by atoms with Crippen LogP contribution in [0.2, 0.25) is 0 Å². The molecule has 3 heteroatoms. The molecular formula is C17H28FNO. The zero-order valence-corrected chi connectivity index (χ0v) is 13.2. The molecule has 114 valence electrons. The van der Waals surface area contributed by atoms with Gasteiger partial charge in [0.25, 0.3) is 0 Å². The van der Waals surface area contributed by atoms with Gasteiger partial charge >= 0.3 is 0 Å². The van der Waals surface area contributed by atoms with Crippen molar-refractivity contribution in [1.82, 2.24) is 5.32 Å². The van der Waals surface area contributed by atoms with Gasteiger partial charge in [-0.25, -0.2) is 4.39 Å². The summed E-state index contributed by atoms with van der Waals surface area (Å²) < 4.78 is 19.0. The number of benzene rings is 1. The lowest BCUT2D eigenvalue weighted by molar-refractivity contribution is 0.314. The van der Waals surface area contributed by atoms with E-state index < -0.39 is 0 Å². The molecule has 1 N–H and O–H groups in total. The molecule has 0 saturated heterocycles. The van der Waals surface area contributed by atoms with Crippen LogP contribution in [0.15, 0.2) is 18.2 Å². The predicted octanol–water partition coefficient (Wildman–Crippen LogP) is 4.70. The topological polar surface area (TPSA) is 21.3 Å². The third-order valence-electron chi connectivity index (χ3n) is 3.88. The second-order valence-electron chi connectivity index (χ2n) is 5.23. The van der Waals surface area contributed by atoms with Gasteiger partial charge in [-0.05, 0) is 37.1 Å². The normalized spacial score (nSPS) is 14.1. The quantitative estimate of drug-likeness (QED) is 0.708. The first-order chi connectivity index (χ1) is 9.67. The predicted molar refractivity (Wildman–Crippen MR) is 82.7 cm³/mol. The second-order valence-corrected chi connectivity index (χ2v) is 5.23. The molecule has 20 heavy (non-hydrogen) atoms. The Hall–Kier alpha value is -1.09. The largest absolute Gasteiger partial charge is 0.496 e. The first-order valence-electron chi connectivity index (χ1n) is 7.74. The van der Waals surface area contributed by atoms with Crippen LogP contribution in [-0.2, 0) is 0 Å². The molecule has 0 spiro atoms. The van der Waals surface area contributed by atoms with Crippen molar-refractivity contribution in [3.63, 3.8) is 0 Å². The maximum absolute atomic E-state index is 13.6. The van der Waals surface area contributed by atoms with Gasteiger partial charge in [0.15, 0.2) is 0 Å². The van der Waals surface area contributed by atoms with E-state index in [-0.39, 0.29) is 11.9 Å². The van der Waals surface area contributed by atoms with E-state index in [2.05, 4.69) is 26.1 Å². The lowest BCUT2D eigenvalue weighted by Crippen LogP contribution is -2.28. The highest BCUT2D eigenvalue weighted by atomic mass is 19.1. The van der Waals surface area contributed by atoms with Crippen LogP contribution in [0.25, 0.3) is 0 Å². The van der Waals surface area contributed by atoms with Crippen LogP contribution in [-0.4, -0.2) is 13.7 Å². The summed E-state index contributed by atoms with van der Waals surface area (Å²) in [6.07, 6.45) is 4.63. The molecule has 0 aromatic heterocycles. The number of nitrogens with one attached hydrogen (secondary N) is 1. The molecule has 0 aliphatic rings. The summed E-state index contributed by atoms with van der Waals surface area (Å²) >= 11 is 0. The van der Waals surface area contributed by atoms with Crippen molar-refractivity contribution < 1.29 is 9.13 Å².